The fraction of sp³-hybridized carbons (Fsp3) is 0.300. The monoisotopic (exact) mass is 482 g/mol. The van der Waals surface area contributed by atoms with E-state index in [2.05, 4.69) is 5.32 Å². The Morgan fingerprint density at radius 1 is 0.938 bits per heavy atom. The highest BCUT2D eigenvalue weighted by molar-refractivity contribution is 8.00. The van der Waals surface area contributed by atoms with E-state index < -0.39 is 51.9 Å². The van der Waals surface area contributed by atoms with E-state index in [9.17, 15) is 40.3 Å². The maximum absolute atomic E-state index is 13.9. The Kier molecular flexibility index (Phi) is 8.16. The average molecular weight is 482 g/mol. The van der Waals surface area contributed by atoms with Gasteiger partial charge >= 0.3 is 6.18 Å². The van der Waals surface area contributed by atoms with Gasteiger partial charge < -0.3 is 10.6 Å². The van der Waals surface area contributed by atoms with Crippen LogP contribution in [0, 0.1) is 23.3 Å². The summed E-state index contributed by atoms with van der Waals surface area (Å²) in [5.74, 6) is -11.3. The molecule has 0 saturated carbocycles. The van der Waals surface area contributed by atoms with Gasteiger partial charge in [0.15, 0.2) is 23.3 Å². The molecule has 0 fully saturated rings. The van der Waals surface area contributed by atoms with Crippen LogP contribution in [0.4, 0.5) is 42.1 Å². The summed E-state index contributed by atoms with van der Waals surface area (Å²) in [5, 5.41) is 3.20. The minimum Gasteiger partial charge on any atom is -0.326 e. The molecule has 0 aliphatic heterocycles. The summed E-state index contributed by atoms with van der Waals surface area (Å²) in [6, 6.07) is 6.21. The van der Waals surface area contributed by atoms with Crippen molar-refractivity contribution in [2.45, 2.75) is 43.0 Å². The van der Waals surface area contributed by atoms with Crippen LogP contribution >= 0.6 is 11.8 Å². The van der Waals surface area contributed by atoms with Gasteiger partial charge in [0.1, 0.15) is 11.3 Å². The Labute approximate surface area is 182 Å². The molecule has 174 valence electrons. The summed E-state index contributed by atoms with van der Waals surface area (Å²) in [6.45, 7) is 3.15. The average Bonchev–Trinajstić information content (AvgIpc) is 2.70. The maximum atomic E-state index is 13.9. The molecule has 0 aliphatic rings. The van der Waals surface area contributed by atoms with Gasteiger partial charge in [-0.15, -0.1) is 11.8 Å². The molecule has 0 aliphatic carbocycles. The molecular formula is C20H17F7N2O2S. The van der Waals surface area contributed by atoms with Crippen molar-refractivity contribution >= 4 is 35.0 Å². The standard InChI is InChI=1S/C20H17F7N2O2S/c1-3-4-12(30)28-10-5-7-11(8-6-10)32-9(2)19(31)29-18-16(23)14(21)13(20(25,26)27)15(22)17(18)24/h5-9H,3-4H2,1-2H3,(H,28,30)(H,29,31). The highest BCUT2D eigenvalue weighted by Crippen LogP contribution is 2.38. The number of halogens is 7. The fourth-order valence-corrected chi connectivity index (χ4v) is 3.41. The zero-order chi connectivity index (χ0) is 24.2. The lowest BCUT2D eigenvalue weighted by Crippen LogP contribution is -2.25. The molecule has 2 amide bonds. The number of carbonyl (C=O) groups excluding carboxylic acids is 2. The first-order valence-electron chi connectivity index (χ1n) is 9.17. The molecule has 2 aromatic rings. The number of alkyl halides is 3. The molecule has 32 heavy (non-hydrogen) atoms. The third-order valence-electron chi connectivity index (χ3n) is 4.09. The molecule has 0 aromatic heterocycles. The molecule has 0 bridgehead atoms. The predicted octanol–water partition coefficient (Wildman–Crippen LogP) is 6.12. The third kappa shape index (κ3) is 5.93. The van der Waals surface area contributed by atoms with Crippen molar-refractivity contribution in [3.63, 3.8) is 0 Å². The second kappa shape index (κ2) is 10.2. The maximum Gasteiger partial charge on any atom is 0.422 e. The second-order valence-corrected chi connectivity index (χ2v) is 7.99. The Bertz CT molecular complexity index is 981. The molecule has 2 rings (SSSR count). The lowest BCUT2D eigenvalue weighted by molar-refractivity contribution is -0.143. The lowest BCUT2D eigenvalue weighted by Gasteiger charge is -2.16. The Hall–Kier alpha value is -2.76. The zero-order valence-corrected chi connectivity index (χ0v) is 17.5. The molecular weight excluding hydrogens is 465 g/mol. The van der Waals surface area contributed by atoms with Gasteiger partial charge in [0.05, 0.1) is 5.25 Å². The van der Waals surface area contributed by atoms with Crippen LogP contribution < -0.4 is 10.6 Å². The molecule has 0 heterocycles. The number of thioether (sulfide) groups is 1. The van der Waals surface area contributed by atoms with Crippen molar-refractivity contribution in [1.29, 1.82) is 0 Å². The summed E-state index contributed by atoms with van der Waals surface area (Å²) in [4.78, 5) is 24.3. The number of nitrogens with one attached hydrogen (secondary N) is 2. The van der Waals surface area contributed by atoms with E-state index in [1.165, 1.54) is 6.92 Å². The molecule has 4 nitrogen and oxygen atoms in total. The van der Waals surface area contributed by atoms with Gasteiger partial charge in [-0.05, 0) is 37.6 Å². The quantitative estimate of drug-likeness (QED) is 0.284. The van der Waals surface area contributed by atoms with Crippen LogP contribution in [-0.4, -0.2) is 17.1 Å². The second-order valence-electron chi connectivity index (χ2n) is 6.58. The zero-order valence-electron chi connectivity index (χ0n) is 16.7. The number of hydrogen-bond acceptors (Lipinski definition) is 3. The molecule has 12 heteroatoms. The number of carbonyl (C=O) groups is 2. The number of rotatable bonds is 7. The van der Waals surface area contributed by atoms with Crippen molar-refractivity contribution in [3.8, 4) is 0 Å². The smallest absolute Gasteiger partial charge is 0.326 e. The summed E-state index contributed by atoms with van der Waals surface area (Å²) in [5.41, 5.74) is -3.87. The van der Waals surface area contributed by atoms with E-state index in [0.29, 0.717) is 23.4 Å². The van der Waals surface area contributed by atoms with Crippen molar-refractivity contribution in [2.75, 3.05) is 10.6 Å². The van der Waals surface area contributed by atoms with Crippen molar-refractivity contribution < 1.29 is 40.3 Å². The number of hydrogen-bond donors (Lipinski definition) is 2. The molecule has 1 unspecified atom stereocenters. The highest BCUT2D eigenvalue weighted by Gasteiger charge is 2.42. The SMILES string of the molecule is CCCC(=O)Nc1ccc(SC(C)C(=O)Nc2c(F)c(F)c(C(F)(F)F)c(F)c2F)cc1. The van der Waals surface area contributed by atoms with Crippen molar-refractivity contribution in [2.24, 2.45) is 0 Å². The molecule has 2 aromatic carbocycles. The Morgan fingerprint density at radius 3 is 1.94 bits per heavy atom. The number of amides is 2. The van der Waals surface area contributed by atoms with Crippen molar-refractivity contribution in [3.05, 3.63) is 53.1 Å². The largest absolute Gasteiger partial charge is 0.422 e. The van der Waals surface area contributed by atoms with E-state index in [4.69, 9.17) is 0 Å². The van der Waals surface area contributed by atoms with Crippen LogP contribution in [0.3, 0.4) is 0 Å². The first-order valence-corrected chi connectivity index (χ1v) is 10.0. The Balaban J connectivity index is 2.14. The van der Waals surface area contributed by atoms with E-state index >= 15 is 0 Å². The summed E-state index contributed by atoms with van der Waals surface area (Å²) in [6.07, 6.45) is -4.67. The molecule has 0 spiro atoms. The minimum atomic E-state index is -5.68. The van der Waals surface area contributed by atoms with Gasteiger partial charge in [-0.2, -0.15) is 13.2 Å². The predicted molar refractivity (Wildman–Crippen MR) is 105 cm³/mol. The number of anilines is 2. The van der Waals surface area contributed by atoms with Crippen LogP contribution in [0.5, 0.6) is 0 Å². The summed E-state index contributed by atoms with van der Waals surface area (Å²) < 4.78 is 93.2. The third-order valence-corrected chi connectivity index (χ3v) is 5.20. The van der Waals surface area contributed by atoms with Gasteiger partial charge in [-0.1, -0.05) is 6.92 Å². The van der Waals surface area contributed by atoms with Gasteiger partial charge in [0.2, 0.25) is 11.8 Å². The van der Waals surface area contributed by atoms with Gasteiger partial charge in [0.25, 0.3) is 0 Å². The van der Waals surface area contributed by atoms with Crippen LogP contribution in [0.1, 0.15) is 32.3 Å². The van der Waals surface area contributed by atoms with Gasteiger partial charge in [0, 0.05) is 17.0 Å². The van der Waals surface area contributed by atoms with E-state index in [1.807, 2.05) is 6.92 Å². The highest BCUT2D eigenvalue weighted by atomic mass is 32.2. The normalized spacial score (nSPS) is 12.4. The Morgan fingerprint density at radius 2 is 1.47 bits per heavy atom. The topological polar surface area (TPSA) is 58.2 Å². The first kappa shape index (κ1) is 25.5. The lowest BCUT2D eigenvalue weighted by atomic mass is 10.1. The molecule has 2 N–H and O–H groups in total. The van der Waals surface area contributed by atoms with Crippen LogP contribution in [0.2, 0.25) is 0 Å². The molecule has 0 saturated heterocycles. The van der Waals surface area contributed by atoms with Crippen LogP contribution in [0.15, 0.2) is 29.2 Å². The van der Waals surface area contributed by atoms with E-state index in [-0.39, 0.29) is 5.91 Å². The fourth-order valence-electron chi connectivity index (χ4n) is 2.54. The minimum absolute atomic E-state index is 0.180. The summed E-state index contributed by atoms with van der Waals surface area (Å²) in [7, 11) is 0. The van der Waals surface area contributed by atoms with Gasteiger partial charge in [-0.25, -0.2) is 17.6 Å². The van der Waals surface area contributed by atoms with E-state index in [1.54, 1.807) is 29.6 Å². The first-order chi connectivity index (χ1) is 14.9. The molecule has 1 atom stereocenters. The summed E-state index contributed by atoms with van der Waals surface area (Å²) >= 11 is 0.899. The molecule has 0 radical (unpaired) electrons. The number of benzene rings is 2. The van der Waals surface area contributed by atoms with Crippen LogP contribution in [-0.2, 0) is 15.8 Å². The van der Waals surface area contributed by atoms with E-state index in [0.717, 1.165) is 11.8 Å². The van der Waals surface area contributed by atoms with Crippen LogP contribution in [0.25, 0.3) is 0 Å². The van der Waals surface area contributed by atoms with Crippen molar-refractivity contribution in [1.82, 2.24) is 0 Å². The van der Waals surface area contributed by atoms with Gasteiger partial charge in [-0.3, -0.25) is 9.59 Å².